The van der Waals surface area contributed by atoms with E-state index >= 15 is 0 Å². The molecule has 0 bridgehead atoms. The Morgan fingerprint density at radius 2 is 2.30 bits per heavy atom. The first kappa shape index (κ1) is 14.3. The molecule has 1 fully saturated rings. The lowest BCUT2D eigenvalue weighted by molar-refractivity contribution is -0.385. The normalized spacial score (nSPS) is 14.4. The number of hydrogen-bond donors (Lipinski definition) is 1. The van der Waals surface area contributed by atoms with Crippen molar-refractivity contribution in [1.29, 1.82) is 0 Å². The first-order valence-electron chi connectivity index (χ1n) is 5.94. The maximum Gasteiger partial charge on any atom is 0.282 e. The summed E-state index contributed by atoms with van der Waals surface area (Å²) in [5.41, 5.74) is 0.743. The molecule has 8 heteroatoms. The maximum absolute atomic E-state index is 11.9. The molecule has 1 heterocycles. The highest BCUT2D eigenvalue weighted by molar-refractivity contribution is 8.13. The van der Waals surface area contributed by atoms with E-state index in [1.54, 1.807) is 13.0 Å². The lowest BCUT2D eigenvalue weighted by Gasteiger charge is -2.14. The number of carbonyl (C=O) groups is 2. The zero-order valence-corrected chi connectivity index (χ0v) is 11.6. The van der Waals surface area contributed by atoms with E-state index in [9.17, 15) is 19.7 Å². The van der Waals surface area contributed by atoms with Gasteiger partial charge in [-0.25, -0.2) is 0 Å². The van der Waals surface area contributed by atoms with Gasteiger partial charge in [0.25, 0.3) is 10.9 Å². The molecule has 0 unspecified atom stereocenters. The molecule has 0 aromatic heterocycles. The number of nitrogens with one attached hydrogen (secondary N) is 1. The molecule has 0 saturated carbocycles. The second kappa shape index (κ2) is 5.91. The van der Waals surface area contributed by atoms with Gasteiger partial charge in [0.05, 0.1) is 16.2 Å². The van der Waals surface area contributed by atoms with Crippen molar-refractivity contribution in [2.24, 2.45) is 0 Å². The van der Waals surface area contributed by atoms with Crippen LogP contribution in [0.5, 0.6) is 0 Å². The van der Waals surface area contributed by atoms with Gasteiger partial charge in [-0.3, -0.25) is 19.7 Å². The van der Waals surface area contributed by atoms with Crippen molar-refractivity contribution >= 4 is 34.3 Å². The van der Waals surface area contributed by atoms with Crippen LogP contribution in [0.3, 0.4) is 0 Å². The van der Waals surface area contributed by atoms with Crippen LogP contribution >= 0.6 is 11.8 Å². The molecule has 0 atom stereocenters. The van der Waals surface area contributed by atoms with E-state index in [4.69, 9.17) is 0 Å². The predicted octanol–water partition coefficient (Wildman–Crippen LogP) is 2.01. The molecule has 1 aromatic rings. The largest absolute Gasteiger partial charge is 0.324 e. The third-order valence-corrected chi connectivity index (χ3v) is 3.85. The fourth-order valence-electron chi connectivity index (χ4n) is 1.89. The third-order valence-electron chi connectivity index (χ3n) is 2.96. The SMILES string of the molecule is Cc1c(NC(=O)CN2CCSC2=O)cccc1[N+](=O)[O-]. The molecule has 106 valence electrons. The lowest BCUT2D eigenvalue weighted by atomic mass is 10.1. The van der Waals surface area contributed by atoms with Crippen molar-refractivity contribution < 1.29 is 14.5 Å². The molecule has 2 amide bonds. The van der Waals surface area contributed by atoms with E-state index in [-0.39, 0.29) is 23.4 Å². The van der Waals surface area contributed by atoms with Crippen molar-refractivity contribution in [2.75, 3.05) is 24.2 Å². The molecule has 1 aromatic carbocycles. The Balaban J connectivity index is 2.06. The molecular formula is C12H13N3O4S. The number of thioether (sulfide) groups is 1. The summed E-state index contributed by atoms with van der Waals surface area (Å²) >= 11 is 1.18. The summed E-state index contributed by atoms with van der Waals surface area (Å²) in [7, 11) is 0. The Morgan fingerprint density at radius 3 is 2.90 bits per heavy atom. The second-order valence-electron chi connectivity index (χ2n) is 4.29. The second-order valence-corrected chi connectivity index (χ2v) is 5.34. The van der Waals surface area contributed by atoms with Gasteiger partial charge in [-0.1, -0.05) is 17.8 Å². The molecule has 1 aliphatic rings. The number of benzene rings is 1. The number of carbonyl (C=O) groups excluding carboxylic acids is 2. The Morgan fingerprint density at radius 1 is 1.55 bits per heavy atom. The Kier molecular flexibility index (Phi) is 4.23. The number of nitro groups is 1. The van der Waals surface area contributed by atoms with Crippen LogP contribution in [0.25, 0.3) is 0 Å². The highest BCUT2D eigenvalue weighted by Gasteiger charge is 2.23. The number of anilines is 1. The summed E-state index contributed by atoms with van der Waals surface area (Å²) in [6, 6.07) is 4.49. The zero-order chi connectivity index (χ0) is 14.7. The average molecular weight is 295 g/mol. The van der Waals surface area contributed by atoms with Crippen LogP contribution in [0.15, 0.2) is 18.2 Å². The molecule has 0 aliphatic carbocycles. The van der Waals surface area contributed by atoms with Gasteiger partial charge >= 0.3 is 0 Å². The van der Waals surface area contributed by atoms with Gasteiger partial charge in [-0.2, -0.15) is 0 Å². The maximum atomic E-state index is 11.9. The van der Waals surface area contributed by atoms with E-state index in [0.717, 1.165) is 0 Å². The van der Waals surface area contributed by atoms with E-state index in [0.29, 0.717) is 23.5 Å². The topological polar surface area (TPSA) is 92.6 Å². The summed E-state index contributed by atoms with van der Waals surface area (Å²) in [5, 5.41) is 13.3. The van der Waals surface area contributed by atoms with Crippen LogP contribution in [0.1, 0.15) is 5.56 Å². The third kappa shape index (κ3) is 3.08. The predicted molar refractivity (Wildman–Crippen MR) is 75.9 cm³/mol. The fourth-order valence-corrected chi connectivity index (χ4v) is 2.71. The summed E-state index contributed by atoms with van der Waals surface area (Å²) in [4.78, 5) is 35.0. The standard InChI is InChI=1S/C12H13N3O4S/c1-8-9(3-2-4-10(8)15(18)19)13-11(16)7-14-5-6-20-12(14)17/h2-4H,5-7H2,1H3,(H,13,16). The van der Waals surface area contributed by atoms with Gasteiger partial charge in [0, 0.05) is 18.4 Å². The van der Waals surface area contributed by atoms with E-state index in [1.165, 1.54) is 28.8 Å². The minimum atomic E-state index is -0.494. The highest BCUT2D eigenvalue weighted by Crippen LogP contribution is 2.25. The van der Waals surface area contributed by atoms with Gasteiger partial charge in [-0.15, -0.1) is 0 Å². The summed E-state index contributed by atoms with van der Waals surface area (Å²) in [5.74, 6) is 0.325. The van der Waals surface area contributed by atoms with Crippen LogP contribution in [0, 0.1) is 17.0 Å². The number of rotatable bonds is 4. The Hall–Kier alpha value is -2.09. The monoisotopic (exact) mass is 295 g/mol. The van der Waals surface area contributed by atoms with Crippen molar-refractivity contribution in [1.82, 2.24) is 4.90 Å². The summed E-state index contributed by atoms with van der Waals surface area (Å²) in [6.45, 7) is 2.09. The number of nitrogens with zero attached hydrogens (tertiary/aromatic N) is 2. The Bertz CT molecular complexity index is 576. The minimum absolute atomic E-state index is 0.0338. The molecular weight excluding hydrogens is 282 g/mol. The molecule has 0 spiro atoms. The molecule has 7 nitrogen and oxygen atoms in total. The highest BCUT2D eigenvalue weighted by atomic mass is 32.2. The van der Waals surface area contributed by atoms with E-state index in [1.807, 2.05) is 0 Å². The first-order valence-corrected chi connectivity index (χ1v) is 6.93. The van der Waals surface area contributed by atoms with Gasteiger partial charge in [-0.05, 0) is 13.0 Å². The van der Waals surface area contributed by atoms with Gasteiger partial charge in [0.2, 0.25) is 5.91 Å². The molecule has 20 heavy (non-hydrogen) atoms. The van der Waals surface area contributed by atoms with E-state index < -0.39 is 4.92 Å². The van der Waals surface area contributed by atoms with Crippen LogP contribution in [0.2, 0.25) is 0 Å². The van der Waals surface area contributed by atoms with Crippen LogP contribution < -0.4 is 5.32 Å². The number of amides is 2. The summed E-state index contributed by atoms with van der Waals surface area (Å²) in [6.07, 6.45) is 0. The molecule has 2 rings (SSSR count). The quantitative estimate of drug-likeness (QED) is 0.677. The number of hydrogen-bond acceptors (Lipinski definition) is 5. The lowest BCUT2D eigenvalue weighted by Crippen LogP contribution is -2.33. The van der Waals surface area contributed by atoms with Gasteiger partial charge in [0.15, 0.2) is 0 Å². The van der Waals surface area contributed by atoms with Crippen LogP contribution in [0.4, 0.5) is 16.2 Å². The molecule has 1 N–H and O–H groups in total. The first-order chi connectivity index (χ1) is 9.49. The number of nitro benzene ring substituents is 1. The van der Waals surface area contributed by atoms with Crippen molar-refractivity contribution in [3.05, 3.63) is 33.9 Å². The average Bonchev–Trinajstić information content (AvgIpc) is 2.77. The van der Waals surface area contributed by atoms with Gasteiger partial charge in [0.1, 0.15) is 6.54 Å². The van der Waals surface area contributed by atoms with Crippen LogP contribution in [-0.2, 0) is 4.79 Å². The Labute approximate surface area is 119 Å². The fraction of sp³-hybridized carbons (Fsp3) is 0.333. The minimum Gasteiger partial charge on any atom is -0.324 e. The molecule has 0 radical (unpaired) electrons. The van der Waals surface area contributed by atoms with Crippen molar-refractivity contribution in [3.63, 3.8) is 0 Å². The van der Waals surface area contributed by atoms with Crippen molar-refractivity contribution in [2.45, 2.75) is 6.92 Å². The smallest absolute Gasteiger partial charge is 0.282 e. The molecule has 1 saturated heterocycles. The zero-order valence-electron chi connectivity index (χ0n) is 10.8. The van der Waals surface area contributed by atoms with Gasteiger partial charge < -0.3 is 10.2 Å². The summed E-state index contributed by atoms with van der Waals surface area (Å²) < 4.78 is 0. The van der Waals surface area contributed by atoms with Crippen LogP contribution in [-0.4, -0.2) is 39.8 Å². The molecule has 1 aliphatic heterocycles. The van der Waals surface area contributed by atoms with E-state index in [2.05, 4.69) is 5.32 Å². The van der Waals surface area contributed by atoms with Crippen molar-refractivity contribution in [3.8, 4) is 0 Å².